The fourth-order valence-electron chi connectivity index (χ4n) is 2.05. The number of pyridine rings is 1. The third-order valence-electron chi connectivity index (χ3n) is 3.19. The second kappa shape index (κ2) is 7.13. The molecule has 0 aliphatic rings. The van der Waals surface area contributed by atoms with Crippen molar-refractivity contribution in [1.82, 2.24) is 9.88 Å². The van der Waals surface area contributed by atoms with Crippen molar-refractivity contribution in [2.45, 2.75) is 6.54 Å². The third kappa shape index (κ3) is 3.68. The molecule has 22 heavy (non-hydrogen) atoms. The highest BCUT2D eigenvalue weighted by Crippen LogP contribution is 2.24. The second-order valence-corrected chi connectivity index (χ2v) is 5.14. The minimum absolute atomic E-state index is 0.141. The fraction of sp³-hybridized carbons (Fsp3) is 0.250. The third-order valence-corrected chi connectivity index (χ3v) is 3.42. The minimum atomic E-state index is -0.141. The summed E-state index contributed by atoms with van der Waals surface area (Å²) in [5.74, 6) is 1.02. The number of carbonyl (C=O) groups is 1. The molecule has 2 aromatic rings. The zero-order valence-electron chi connectivity index (χ0n) is 12.7. The highest BCUT2D eigenvalue weighted by molar-refractivity contribution is 6.30. The molecule has 1 aromatic carbocycles. The van der Waals surface area contributed by atoms with Crippen molar-refractivity contribution in [3.63, 3.8) is 0 Å². The first-order valence-electron chi connectivity index (χ1n) is 6.63. The van der Waals surface area contributed by atoms with Crippen molar-refractivity contribution in [2.24, 2.45) is 0 Å². The number of ether oxygens (including phenoxy) is 2. The van der Waals surface area contributed by atoms with Gasteiger partial charge in [0, 0.05) is 36.4 Å². The number of rotatable bonds is 5. The van der Waals surface area contributed by atoms with Crippen molar-refractivity contribution in [3.05, 3.63) is 52.7 Å². The number of benzene rings is 1. The fourth-order valence-corrected chi connectivity index (χ4v) is 2.24. The highest BCUT2D eigenvalue weighted by Gasteiger charge is 2.15. The number of nitrogens with zero attached hydrogens (tertiary/aromatic N) is 2. The topological polar surface area (TPSA) is 51.7 Å². The first-order valence-corrected chi connectivity index (χ1v) is 7.01. The molecule has 0 saturated carbocycles. The van der Waals surface area contributed by atoms with Crippen LogP contribution in [0.1, 0.15) is 15.9 Å². The largest absolute Gasteiger partial charge is 0.496 e. The molecule has 0 atom stereocenters. The van der Waals surface area contributed by atoms with Crippen molar-refractivity contribution in [1.29, 1.82) is 0 Å². The van der Waals surface area contributed by atoms with E-state index in [1.807, 2.05) is 0 Å². The van der Waals surface area contributed by atoms with Crippen molar-refractivity contribution in [3.8, 4) is 11.6 Å². The Hall–Kier alpha value is -2.27. The SMILES string of the molecule is COc1ccc(C(=O)N(C)Cc2cc(Cl)ccc2OC)cn1. The first kappa shape index (κ1) is 16.1. The number of amides is 1. The molecule has 0 unspecified atom stereocenters. The molecule has 0 bridgehead atoms. The Balaban J connectivity index is 2.15. The molecule has 0 saturated heterocycles. The molecule has 2 rings (SSSR count). The van der Waals surface area contributed by atoms with E-state index in [1.54, 1.807) is 49.4 Å². The van der Waals surface area contributed by atoms with Crippen LogP contribution in [-0.4, -0.2) is 37.1 Å². The van der Waals surface area contributed by atoms with Gasteiger partial charge >= 0.3 is 0 Å². The Morgan fingerprint density at radius 2 is 2.00 bits per heavy atom. The van der Waals surface area contributed by atoms with Gasteiger partial charge < -0.3 is 14.4 Å². The van der Waals surface area contributed by atoms with Gasteiger partial charge in [-0.3, -0.25) is 4.79 Å². The Bertz CT molecular complexity index is 659. The number of methoxy groups -OCH3 is 2. The first-order chi connectivity index (χ1) is 10.5. The van der Waals surface area contributed by atoms with E-state index in [0.29, 0.717) is 28.8 Å². The zero-order valence-corrected chi connectivity index (χ0v) is 13.4. The molecule has 0 radical (unpaired) electrons. The molecule has 5 nitrogen and oxygen atoms in total. The standard InChI is InChI=1S/C16H17ClN2O3/c1-19(10-12-8-13(17)5-6-14(12)21-2)16(20)11-4-7-15(22-3)18-9-11/h4-9H,10H2,1-3H3. The number of halogens is 1. The van der Waals surface area contributed by atoms with Crippen LogP contribution in [0.5, 0.6) is 11.6 Å². The number of hydrogen-bond acceptors (Lipinski definition) is 4. The normalized spacial score (nSPS) is 10.2. The molecule has 116 valence electrons. The van der Waals surface area contributed by atoms with Crippen LogP contribution in [-0.2, 0) is 6.54 Å². The lowest BCUT2D eigenvalue weighted by molar-refractivity contribution is 0.0783. The predicted molar refractivity (Wildman–Crippen MR) is 84.6 cm³/mol. The summed E-state index contributed by atoms with van der Waals surface area (Å²) in [5.41, 5.74) is 1.33. The monoisotopic (exact) mass is 320 g/mol. The van der Waals surface area contributed by atoms with Gasteiger partial charge in [-0.15, -0.1) is 0 Å². The van der Waals surface area contributed by atoms with Gasteiger partial charge in [-0.25, -0.2) is 4.98 Å². The summed E-state index contributed by atoms with van der Waals surface area (Å²) in [6.07, 6.45) is 1.49. The van der Waals surface area contributed by atoms with E-state index in [0.717, 1.165) is 5.56 Å². The van der Waals surface area contributed by atoms with Crippen LogP contribution < -0.4 is 9.47 Å². The predicted octanol–water partition coefficient (Wildman–Crippen LogP) is 3.02. The minimum Gasteiger partial charge on any atom is -0.496 e. The average Bonchev–Trinajstić information content (AvgIpc) is 2.54. The summed E-state index contributed by atoms with van der Waals surface area (Å²) in [6, 6.07) is 8.65. The Morgan fingerprint density at radius 1 is 1.23 bits per heavy atom. The Labute approximate surface area is 134 Å². The summed E-state index contributed by atoms with van der Waals surface area (Å²) >= 11 is 6.00. The van der Waals surface area contributed by atoms with Crippen LogP contribution >= 0.6 is 11.6 Å². The van der Waals surface area contributed by atoms with Crippen LogP contribution in [0.15, 0.2) is 36.5 Å². The van der Waals surface area contributed by atoms with E-state index in [-0.39, 0.29) is 5.91 Å². The summed E-state index contributed by atoms with van der Waals surface area (Å²) in [6.45, 7) is 0.384. The van der Waals surface area contributed by atoms with E-state index in [2.05, 4.69) is 4.98 Å². The molecule has 0 fully saturated rings. The lowest BCUT2D eigenvalue weighted by Crippen LogP contribution is -2.26. The smallest absolute Gasteiger partial charge is 0.255 e. The maximum Gasteiger partial charge on any atom is 0.255 e. The van der Waals surface area contributed by atoms with Gasteiger partial charge in [0.15, 0.2) is 0 Å². The van der Waals surface area contributed by atoms with Crippen LogP contribution in [0.3, 0.4) is 0 Å². The van der Waals surface area contributed by atoms with Gasteiger partial charge in [-0.2, -0.15) is 0 Å². The van der Waals surface area contributed by atoms with Gasteiger partial charge in [-0.05, 0) is 24.3 Å². The van der Waals surface area contributed by atoms with E-state index in [1.165, 1.54) is 13.3 Å². The van der Waals surface area contributed by atoms with Gasteiger partial charge in [0.05, 0.1) is 19.8 Å². The average molecular weight is 321 g/mol. The molecule has 1 amide bonds. The van der Waals surface area contributed by atoms with Crippen LogP contribution in [0.4, 0.5) is 0 Å². The summed E-state index contributed by atoms with van der Waals surface area (Å²) in [4.78, 5) is 18.0. The molecule has 6 heteroatoms. The maximum atomic E-state index is 12.4. The molecule has 0 N–H and O–H groups in total. The maximum absolute atomic E-state index is 12.4. The van der Waals surface area contributed by atoms with Crippen LogP contribution in [0, 0.1) is 0 Å². The molecule has 0 aliphatic heterocycles. The van der Waals surface area contributed by atoms with Gasteiger partial charge in [0.25, 0.3) is 5.91 Å². The van der Waals surface area contributed by atoms with Crippen LogP contribution in [0.25, 0.3) is 0 Å². The van der Waals surface area contributed by atoms with E-state index < -0.39 is 0 Å². The Morgan fingerprint density at radius 3 is 2.59 bits per heavy atom. The van der Waals surface area contributed by atoms with Crippen molar-refractivity contribution in [2.75, 3.05) is 21.3 Å². The second-order valence-electron chi connectivity index (χ2n) is 4.71. The van der Waals surface area contributed by atoms with Gasteiger partial charge in [-0.1, -0.05) is 11.6 Å². The summed E-state index contributed by atoms with van der Waals surface area (Å²) < 4.78 is 10.3. The molecule has 1 heterocycles. The van der Waals surface area contributed by atoms with E-state index in [4.69, 9.17) is 21.1 Å². The highest BCUT2D eigenvalue weighted by atomic mass is 35.5. The molecule has 0 aliphatic carbocycles. The van der Waals surface area contributed by atoms with Crippen molar-refractivity contribution >= 4 is 17.5 Å². The molecular formula is C16H17ClN2O3. The molecular weight excluding hydrogens is 304 g/mol. The lowest BCUT2D eigenvalue weighted by atomic mass is 10.1. The molecule has 0 spiro atoms. The number of carbonyl (C=O) groups excluding carboxylic acids is 1. The van der Waals surface area contributed by atoms with E-state index >= 15 is 0 Å². The van der Waals surface area contributed by atoms with Crippen LogP contribution in [0.2, 0.25) is 5.02 Å². The van der Waals surface area contributed by atoms with Gasteiger partial charge in [0.2, 0.25) is 5.88 Å². The molecule has 1 aromatic heterocycles. The van der Waals surface area contributed by atoms with E-state index in [9.17, 15) is 4.79 Å². The zero-order chi connectivity index (χ0) is 16.1. The summed E-state index contributed by atoms with van der Waals surface area (Å²) in [5, 5.41) is 0.600. The lowest BCUT2D eigenvalue weighted by Gasteiger charge is -2.19. The number of aromatic nitrogens is 1. The van der Waals surface area contributed by atoms with Gasteiger partial charge in [0.1, 0.15) is 5.75 Å². The number of hydrogen-bond donors (Lipinski definition) is 0. The quantitative estimate of drug-likeness (QED) is 0.849. The Kier molecular flexibility index (Phi) is 5.22. The van der Waals surface area contributed by atoms with Crippen molar-refractivity contribution < 1.29 is 14.3 Å². The summed E-state index contributed by atoms with van der Waals surface area (Å²) in [7, 11) is 4.83.